The predicted molar refractivity (Wildman–Crippen MR) is 87.5 cm³/mol. The molecular weight excluding hydrogens is 298 g/mol. The van der Waals surface area contributed by atoms with Gasteiger partial charge in [0.2, 0.25) is 0 Å². The third-order valence-corrected chi connectivity index (χ3v) is 4.65. The van der Waals surface area contributed by atoms with E-state index in [1.165, 1.54) is 16.9 Å². The summed E-state index contributed by atoms with van der Waals surface area (Å²) in [7, 11) is 1.60. The smallest absolute Gasteiger partial charge is 0.264 e. The number of carbonyl (C=O) groups is 1. The Bertz CT molecular complexity index is 703. The van der Waals surface area contributed by atoms with Crippen molar-refractivity contribution in [3.8, 4) is 11.5 Å². The highest BCUT2D eigenvalue weighted by Gasteiger charge is 2.20. The Morgan fingerprint density at radius 2 is 2.09 bits per heavy atom. The van der Waals surface area contributed by atoms with Gasteiger partial charge in [0.15, 0.2) is 0 Å². The highest BCUT2D eigenvalue weighted by atomic mass is 32.1. The van der Waals surface area contributed by atoms with Crippen molar-refractivity contribution in [3.63, 3.8) is 0 Å². The van der Waals surface area contributed by atoms with Crippen LogP contribution in [-0.2, 0) is 0 Å². The van der Waals surface area contributed by atoms with Crippen molar-refractivity contribution >= 4 is 22.8 Å². The average molecular weight is 315 g/mol. The van der Waals surface area contributed by atoms with E-state index >= 15 is 0 Å². The van der Waals surface area contributed by atoms with Crippen LogP contribution in [0.5, 0.6) is 11.5 Å². The lowest BCUT2D eigenvalue weighted by molar-refractivity contribution is 0.0777. The standard InChI is InChI=1S/C17H17NO3S/c1-21-15-10-16(22-11-15)17(20)18-8-6-13(7-9-18)12-2-4-14(19)5-3-12/h2-6,10-11,19H,7-9H2,1H3. The maximum absolute atomic E-state index is 12.4. The third kappa shape index (κ3) is 2.99. The van der Waals surface area contributed by atoms with Crippen LogP contribution in [0.3, 0.4) is 0 Å². The van der Waals surface area contributed by atoms with Gasteiger partial charge in [-0.1, -0.05) is 18.2 Å². The Kier molecular flexibility index (Phi) is 4.15. The van der Waals surface area contributed by atoms with Gasteiger partial charge in [-0.2, -0.15) is 0 Å². The topological polar surface area (TPSA) is 49.8 Å². The minimum Gasteiger partial charge on any atom is -0.508 e. The van der Waals surface area contributed by atoms with E-state index in [2.05, 4.69) is 6.08 Å². The molecule has 0 spiro atoms. The van der Waals surface area contributed by atoms with Crippen molar-refractivity contribution < 1.29 is 14.6 Å². The zero-order valence-electron chi connectivity index (χ0n) is 12.3. The summed E-state index contributed by atoms with van der Waals surface area (Å²) in [6.45, 7) is 1.31. The Morgan fingerprint density at radius 3 is 2.68 bits per heavy atom. The first-order valence-electron chi connectivity index (χ1n) is 7.07. The molecule has 0 radical (unpaired) electrons. The average Bonchev–Trinajstić information content (AvgIpc) is 3.04. The molecule has 0 atom stereocenters. The van der Waals surface area contributed by atoms with Crippen molar-refractivity contribution in [2.75, 3.05) is 20.2 Å². The Labute approximate surface area is 133 Å². The van der Waals surface area contributed by atoms with Gasteiger partial charge in [-0.25, -0.2) is 0 Å². The van der Waals surface area contributed by atoms with Crippen LogP contribution in [0.15, 0.2) is 41.8 Å². The lowest BCUT2D eigenvalue weighted by atomic mass is 9.99. The van der Waals surface area contributed by atoms with Crippen molar-refractivity contribution in [1.82, 2.24) is 4.90 Å². The number of amides is 1. The van der Waals surface area contributed by atoms with Crippen molar-refractivity contribution in [2.45, 2.75) is 6.42 Å². The number of hydrogen-bond acceptors (Lipinski definition) is 4. The van der Waals surface area contributed by atoms with Gasteiger partial charge < -0.3 is 14.7 Å². The van der Waals surface area contributed by atoms with Crippen LogP contribution >= 0.6 is 11.3 Å². The Morgan fingerprint density at radius 1 is 1.32 bits per heavy atom. The molecule has 0 saturated carbocycles. The zero-order chi connectivity index (χ0) is 15.5. The van der Waals surface area contributed by atoms with Gasteiger partial charge in [-0.15, -0.1) is 11.3 Å². The van der Waals surface area contributed by atoms with Crippen LogP contribution in [0.2, 0.25) is 0 Å². The van der Waals surface area contributed by atoms with Crippen LogP contribution in [-0.4, -0.2) is 36.1 Å². The van der Waals surface area contributed by atoms with Crippen LogP contribution in [0.4, 0.5) is 0 Å². The molecule has 1 aliphatic heterocycles. The normalized spacial score (nSPS) is 14.6. The second-order valence-electron chi connectivity index (χ2n) is 5.13. The zero-order valence-corrected chi connectivity index (χ0v) is 13.1. The minimum absolute atomic E-state index is 0.0503. The van der Waals surface area contributed by atoms with Gasteiger partial charge >= 0.3 is 0 Å². The molecule has 1 amide bonds. The second kappa shape index (κ2) is 6.23. The first-order valence-corrected chi connectivity index (χ1v) is 7.95. The van der Waals surface area contributed by atoms with Gasteiger partial charge in [0.25, 0.3) is 5.91 Å². The van der Waals surface area contributed by atoms with Crippen molar-refractivity contribution in [1.29, 1.82) is 0 Å². The van der Waals surface area contributed by atoms with E-state index < -0.39 is 0 Å². The molecular formula is C17H17NO3S. The number of carbonyl (C=O) groups excluding carboxylic acids is 1. The third-order valence-electron chi connectivity index (χ3n) is 3.76. The highest BCUT2D eigenvalue weighted by molar-refractivity contribution is 7.12. The molecule has 0 unspecified atom stereocenters. The lowest BCUT2D eigenvalue weighted by Crippen LogP contribution is -2.34. The monoisotopic (exact) mass is 315 g/mol. The van der Waals surface area contributed by atoms with Gasteiger partial charge in [0, 0.05) is 24.5 Å². The number of benzene rings is 1. The summed E-state index contributed by atoms with van der Waals surface area (Å²) in [4.78, 5) is 15.0. The molecule has 1 aliphatic rings. The molecule has 0 fully saturated rings. The summed E-state index contributed by atoms with van der Waals surface area (Å²) in [6.07, 6.45) is 2.90. The van der Waals surface area contributed by atoms with Crippen LogP contribution in [0.25, 0.3) is 5.57 Å². The summed E-state index contributed by atoms with van der Waals surface area (Å²) >= 11 is 1.41. The van der Waals surface area contributed by atoms with E-state index in [4.69, 9.17) is 4.74 Å². The molecule has 5 heteroatoms. The number of phenolic OH excluding ortho intramolecular Hbond substituents is 1. The summed E-state index contributed by atoms with van der Waals surface area (Å²) in [5.74, 6) is 1.04. The van der Waals surface area contributed by atoms with E-state index in [0.29, 0.717) is 18.0 Å². The maximum atomic E-state index is 12.4. The molecule has 1 N–H and O–H groups in total. The molecule has 1 aromatic heterocycles. The fourth-order valence-corrected chi connectivity index (χ4v) is 3.31. The van der Waals surface area contributed by atoms with E-state index in [1.807, 2.05) is 22.4 Å². The number of aromatic hydroxyl groups is 1. The van der Waals surface area contributed by atoms with E-state index in [-0.39, 0.29) is 11.7 Å². The molecule has 0 saturated heterocycles. The number of phenols is 1. The lowest BCUT2D eigenvalue weighted by Gasteiger charge is -2.26. The number of nitrogens with zero attached hydrogens (tertiary/aromatic N) is 1. The number of ether oxygens (including phenoxy) is 1. The molecule has 3 rings (SSSR count). The molecule has 22 heavy (non-hydrogen) atoms. The fraction of sp³-hybridized carbons (Fsp3) is 0.235. The van der Waals surface area contributed by atoms with Gasteiger partial charge in [-0.3, -0.25) is 4.79 Å². The molecule has 0 bridgehead atoms. The fourth-order valence-electron chi connectivity index (χ4n) is 2.49. The second-order valence-corrected chi connectivity index (χ2v) is 6.04. The van der Waals surface area contributed by atoms with Gasteiger partial charge in [0.05, 0.1) is 12.0 Å². The summed E-state index contributed by atoms with van der Waals surface area (Å²) in [5.41, 5.74) is 2.32. The molecule has 114 valence electrons. The number of methoxy groups -OCH3 is 1. The van der Waals surface area contributed by atoms with Gasteiger partial charge in [-0.05, 0) is 29.7 Å². The molecule has 2 heterocycles. The molecule has 2 aromatic rings. The quantitative estimate of drug-likeness (QED) is 0.944. The number of hydrogen-bond donors (Lipinski definition) is 1. The van der Waals surface area contributed by atoms with Crippen LogP contribution in [0.1, 0.15) is 21.7 Å². The largest absolute Gasteiger partial charge is 0.508 e. The van der Waals surface area contributed by atoms with E-state index in [1.54, 1.807) is 25.3 Å². The molecule has 1 aromatic carbocycles. The van der Waals surface area contributed by atoms with Gasteiger partial charge in [0.1, 0.15) is 11.5 Å². The first-order chi connectivity index (χ1) is 10.7. The Hall–Kier alpha value is -2.27. The van der Waals surface area contributed by atoms with Crippen LogP contribution < -0.4 is 4.74 Å². The number of thiophene rings is 1. The minimum atomic E-state index is 0.0503. The predicted octanol–water partition coefficient (Wildman–Crippen LogP) is 3.39. The van der Waals surface area contributed by atoms with Crippen LogP contribution in [0, 0.1) is 0 Å². The Balaban J connectivity index is 1.70. The summed E-state index contributed by atoms with van der Waals surface area (Å²) in [6, 6.07) is 8.97. The van der Waals surface area contributed by atoms with Crippen molar-refractivity contribution in [3.05, 3.63) is 52.2 Å². The van der Waals surface area contributed by atoms with E-state index in [0.717, 1.165) is 17.7 Å². The molecule has 4 nitrogen and oxygen atoms in total. The van der Waals surface area contributed by atoms with E-state index in [9.17, 15) is 9.90 Å². The summed E-state index contributed by atoms with van der Waals surface area (Å²) in [5, 5.41) is 11.2. The molecule has 0 aliphatic carbocycles. The SMILES string of the molecule is COc1csc(C(=O)N2CC=C(c3ccc(O)cc3)CC2)c1. The van der Waals surface area contributed by atoms with Crippen molar-refractivity contribution in [2.24, 2.45) is 0 Å². The summed E-state index contributed by atoms with van der Waals surface area (Å²) < 4.78 is 5.12. The first kappa shape index (κ1) is 14.7. The maximum Gasteiger partial charge on any atom is 0.264 e. The highest BCUT2D eigenvalue weighted by Crippen LogP contribution is 2.27. The number of rotatable bonds is 3.